The Bertz CT molecular complexity index is 1020. The van der Waals surface area contributed by atoms with Gasteiger partial charge in [0.15, 0.2) is 0 Å². The van der Waals surface area contributed by atoms with Crippen LogP contribution < -0.4 is 5.32 Å². The molecule has 1 fully saturated rings. The van der Waals surface area contributed by atoms with Crippen LogP contribution in [0.25, 0.3) is 10.9 Å². The summed E-state index contributed by atoms with van der Waals surface area (Å²) in [6.07, 6.45) is 1.98. The minimum Gasteiger partial charge on any atom is -0.361 e. The maximum Gasteiger partial charge on any atom is 0.282 e. The maximum absolute atomic E-state index is 12.4. The molecule has 144 valence electrons. The quantitative estimate of drug-likeness (QED) is 0.635. The van der Waals surface area contributed by atoms with Gasteiger partial charge in [0, 0.05) is 46.9 Å². The van der Waals surface area contributed by atoms with E-state index in [1.165, 1.54) is 11.8 Å². The number of rotatable bonds is 6. The number of aromatic amines is 1. The number of nitrogens with one attached hydrogen (secondary N) is 2. The number of carbonyl (C=O) groups is 2. The van der Waals surface area contributed by atoms with E-state index in [-0.39, 0.29) is 23.6 Å². The summed E-state index contributed by atoms with van der Waals surface area (Å²) in [6.45, 7) is 1.11. The van der Waals surface area contributed by atoms with Crippen molar-refractivity contribution in [2.24, 2.45) is 0 Å². The molecule has 2 amide bonds. The smallest absolute Gasteiger partial charge is 0.282 e. The highest BCUT2D eigenvalue weighted by Crippen LogP contribution is 2.34. The van der Waals surface area contributed by atoms with Crippen molar-refractivity contribution in [1.29, 1.82) is 0 Å². The molecule has 0 spiro atoms. The molecule has 1 atom stereocenters. The van der Waals surface area contributed by atoms with Gasteiger partial charge >= 0.3 is 0 Å². The number of para-hydroxylation sites is 1. The van der Waals surface area contributed by atoms with Crippen LogP contribution >= 0.6 is 23.4 Å². The number of benzene rings is 2. The second-order valence-corrected chi connectivity index (χ2v) is 8.16. The summed E-state index contributed by atoms with van der Waals surface area (Å²) in [5, 5.41) is 4.73. The van der Waals surface area contributed by atoms with Crippen molar-refractivity contribution in [2.45, 2.75) is 5.92 Å². The summed E-state index contributed by atoms with van der Waals surface area (Å²) in [5.41, 5.74) is 3.08. The van der Waals surface area contributed by atoms with Crippen LogP contribution in [0, 0.1) is 0 Å². The van der Waals surface area contributed by atoms with Crippen LogP contribution in [0.15, 0.2) is 54.7 Å². The largest absolute Gasteiger partial charge is 0.361 e. The van der Waals surface area contributed by atoms with E-state index in [0.29, 0.717) is 18.1 Å². The summed E-state index contributed by atoms with van der Waals surface area (Å²) in [5.74, 6) is 0.481. The van der Waals surface area contributed by atoms with Crippen LogP contribution in [0.3, 0.4) is 0 Å². The Labute approximate surface area is 172 Å². The zero-order valence-corrected chi connectivity index (χ0v) is 16.7. The molecule has 1 saturated heterocycles. The molecular weight excluding hydrogens is 394 g/mol. The van der Waals surface area contributed by atoms with Gasteiger partial charge in [-0.3, -0.25) is 9.59 Å². The van der Waals surface area contributed by atoms with E-state index >= 15 is 0 Å². The third-order valence-corrected chi connectivity index (χ3v) is 6.20. The first-order valence-electron chi connectivity index (χ1n) is 9.12. The van der Waals surface area contributed by atoms with Crippen molar-refractivity contribution in [3.8, 4) is 0 Å². The van der Waals surface area contributed by atoms with Crippen molar-refractivity contribution in [3.63, 3.8) is 0 Å². The molecule has 1 aliphatic heterocycles. The molecule has 7 heteroatoms. The van der Waals surface area contributed by atoms with Gasteiger partial charge in [-0.1, -0.05) is 59.8 Å². The maximum atomic E-state index is 12.4. The van der Waals surface area contributed by atoms with E-state index in [1.807, 2.05) is 48.7 Å². The fraction of sp³-hybridized carbons (Fsp3) is 0.238. The van der Waals surface area contributed by atoms with Gasteiger partial charge < -0.3 is 15.2 Å². The second-order valence-electron chi connectivity index (χ2n) is 6.70. The molecule has 4 rings (SSSR count). The Morgan fingerprint density at radius 1 is 1.18 bits per heavy atom. The van der Waals surface area contributed by atoms with Gasteiger partial charge in [0.1, 0.15) is 6.54 Å². The Kier molecular flexibility index (Phi) is 5.59. The number of amides is 2. The third kappa shape index (κ3) is 3.88. The molecule has 3 aromatic rings. The lowest BCUT2D eigenvalue weighted by atomic mass is 9.90. The Morgan fingerprint density at radius 3 is 2.75 bits per heavy atom. The standard InChI is InChI=1S/C21H20ClN3O2S/c22-18-7-3-1-5-14(18)16(17-11-23-19-8-4-2-6-15(17)19)12-24-20(26)13-25-9-10-28-21(25)27/h1-8,11,16,23H,9-10,12-13H2,(H,24,26)/t16-/m0/s1. The van der Waals surface area contributed by atoms with Crippen molar-refractivity contribution in [3.05, 3.63) is 70.9 Å². The second kappa shape index (κ2) is 8.29. The molecule has 2 heterocycles. The molecule has 0 bridgehead atoms. The average Bonchev–Trinajstić information content (AvgIpc) is 3.30. The molecule has 1 aromatic heterocycles. The number of halogens is 1. The fourth-order valence-corrected chi connectivity index (χ4v) is 4.63. The highest BCUT2D eigenvalue weighted by Gasteiger charge is 2.25. The molecule has 0 saturated carbocycles. The lowest BCUT2D eigenvalue weighted by molar-refractivity contribution is -0.121. The van der Waals surface area contributed by atoms with Crippen molar-refractivity contribution >= 4 is 45.4 Å². The summed E-state index contributed by atoms with van der Waals surface area (Å²) in [7, 11) is 0. The van der Waals surface area contributed by atoms with Crippen LogP contribution in [0.4, 0.5) is 4.79 Å². The van der Waals surface area contributed by atoms with Gasteiger partial charge in [-0.25, -0.2) is 0 Å². The number of thioether (sulfide) groups is 1. The van der Waals surface area contributed by atoms with E-state index in [0.717, 1.165) is 27.8 Å². The normalized spacial score (nSPS) is 15.2. The van der Waals surface area contributed by atoms with Crippen LogP contribution in [-0.4, -0.2) is 46.4 Å². The van der Waals surface area contributed by atoms with E-state index in [1.54, 1.807) is 4.90 Å². The summed E-state index contributed by atoms with van der Waals surface area (Å²) in [6, 6.07) is 15.8. The van der Waals surface area contributed by atoms with Gasteiger partial charge in [-0.15, -0.1) is 0 Å². The number of hydrogen-bond donors (Lipinski definition) is 2. The predicted octanol–water partition coefficient (Wildman–Crippen LogP) is 4.24. The van der Waals surface area contributed by atoms with E-state index in [2.05, 4.69) is 16.4 Å². The Morgan fingerprint density at radius 2 is 1.96 bits per heavy atom. The number of nitrogens with zero attached hydrogens (tertiary/aromatic N) is 1. The van der Waals surface area contributed by atoms with Gasteiger partial charge in [0.05, 0.1) is 0 Å². The average molecular weight is 414 g/mol. The van der Waals surface area contributed by atoms with Gasteiger partial charge in [-0.2, -0.15) is 0 Å². The van der Waals surface area contributed by atoms with Gasteiger partial charge in [-0.05, 0) is 23.3 Å². The van der Waals surface area contributed by atoms with Crippen molar-refractivity contribution < 1.29 is 9.59 Å². The molecule has 0 unspecified atom stereocenters. The van der Waals surface area contributed by atoms with Crippen LogP contribution in [0.2, 0.25) is 5.02 Å². The third-order valence-electron chi connectivity index (χ3n) is 4.96. The zero-order chi connectivity index (χ0) is 19.5. The molecule has 5 nitrogen and oxygen atoms in total. The first-order valence-corrected chi connectivity index (χ1v) is 10.5. The van der Waals surface area contributed by atoms with Crippen molar-refractivity contribution in [2.75, 3.05) is 25.4 Å². The molecular formula is C21H20ClN3O2S. The van der Waals surface area contributed by atoms with E-state index < -0.39 is 0 Å². The summed E-state index contributed by atoms with van der Waals surface area (Å²) < 4.78 is 0. The lowest BCUT2D eigenvalue weighted by Gasteiger charge is -2.20. The minimum absolute atomic E-state index is 0.0329. The first-order chi connectivity index (χ1) is 13.6. The number of aromatic nitrogens is 1. The highest BCUT2D eigenvalue weighted by atomic mass is 35.5. The molecule has 0 aliphatic carbocycles. The number of carbonyl (C=O) groups excluding carboxylic acids is 2. The zero-order valence-electron chi connectivity index (χ0n) is 15.2. The summed E-state index contributed by atoms with van der Waals surface area (Å²) >= 11 is 7.74. The Hall–Kier alpha value is -2.44. The highest BCUT2D eigenvalue weighted by molar-refractivity contribution is 8.13. The van der Waals surface area contributed by atoms with Gasteiger partial charge in [0.25, 0.3) is 5.24 Å². The molecule has 28 heavy (non-hydrogen) atoms. The minimum atomic E-state index is -0.159. The fourth-order valence-electron chi connectivity index (χ4n) is 3.54. The number of H-pyrrole nitrogens is 1. The van der Waals surface area contributed by atoms with Crippen LogP contribution in [0.1, 0.15) is 17.0 Å². The number of hydrogen-bond acceptors (Lipinski definition) is 3. The molecule has 2 aromatic carbocycles. The predicted molar refractivity (Wildman–Crippen MR) is 114 cm³/mol. The lowest BCUT2D eigenvalue weighted by Crippen LogP contribution is -2.39. The van der Waals surface area contributed by atoms with Crippen LogP contribution in [-0.2, 0) is 4.79 Å². The molecule has 1 aliphatic rings. The monoisotopic (exact) mass is 413 g/mol. The Balaban J connectivity index is 1.58. The molecule has 0 radical (unpaired) electrons. The topological polar surface area (TPSA) is 65.2 Å². The SMILES string of the molecule is O=C(CN1CCSC1=O)NC[C@@H](c1ccccc1Cl)c1c[nH]c2ccccc12. The van der Waals surface area contributed by atoms with E-state index in [9.17, 15) is 9.59 Å². The van der Waals surface area contributed by atoms with Crippen LogP contribution in [0.5, 0.6) is 0 Å². The first kappa shape index (κ1) is 18.9. The van der Waals surface area contributed by atoms with Gasteiger partial charge in [0.2, 0.25) is 5.91 Å². The molecule has 2 N–H and O–H groups in total. The van der Waals surface area contributed by atoms with Crippen molar-refractivity contribution in [1.82, 2.24) is 15.2 Å². The summed E-state index contributed by atoms with van der Waals surface area (Å²) in [4.78, 5) is 29.1. The number of fused-ring (bicyclic) bond motifs is 1. The van der Waals surface area contributed by atoms with E-state index in [4.69, 9.17) is 11.6 Å².